The highest BCUT2D eigenvalue weighted by molar-refractivity contribution is 5.85. The van der Waals surface area contributed by atoms with Crippen LogP contribution in [0.1, 0.15) is 30.1 Å². The molecule has 2 atom stereocenters. The maximum atomic E-state index is 11.9. The van der Waals surface area contributed by atoms with Crippen LogP contribution in [0, 0.1) is 6.92 Å². The first kappa shape index (κ1) is 19.4. The monoisotopic (exact) mass is 341 g/mol. The smallest absolute Gasteiger partial charge is 0.239 e. The van der Waals surface area contributed by atoms with Crippen molar-refractivity contribution in [2.45, 2.75) is 31.9 Å². The number of rotatable bonds is 5. The number of halogens is 1. The average Bonchev–Trinajstić information content (AvgIpc) is 2.54. The van der Waals surface area contributed by atoms with Crippen molar-refractivity contribution in [3.63, 3.8) is 0 Å². The van der Waals surface area contributed by atoms with Gasteiger partial charge >= 0.3 is 0 Å². The fraction of sp³-hybridized carbons (Fsp3) is 0.500. The van der Waals surface area contributed by atoms with Crippen LogP contribution < -0.4 is 16.4 Å². The molecule has 6 nitrogen and oxygen atoms in total. The minimum Gasteiger partial charge on any atom is -0.371 e. The second-order valence-corrected chi connectivity index (χ2v) is 5.50. The number of hydrogen-bond acceptors (Lipinski definition) is 4. The zero-order valence-corrected chi connectivity index (χ0v) is 14.0. The molecule has 0 spiro atoms. The van der Waals surface area contributed by atoms with Gasteiger partial charge in [-0.05, 0) is 25.3 Å². The van der Waals surface area contributed by atoms with Crippen LogP contribution in [0.2, 0.25) is 0 Å². The zero-order valence-electron chi connectivity index (χ0n) is 13.2. The van der Waals surface area contributed by atoms with Crippen LogP contribution in [0.15, 0.2) is 24.3 Å². The number of benzene rings is 1. The van der Waals surface area contributed by atoms with Gasteiger partial charge < -0.3 is 21.1 Å². The summed E-state index contributed by atoms with van der Waals surface area (Å²) in [6.07, 6.45) is 1.61. The largest absolute Gasteiger partial charge is 0.371 e. The van der Waals surface area contributed by atoms with E-state index in [0.29, 0.717) is 6.61 Å². The van der Waals surface area contributed by atoms with Gasteiger partial charge in [-0.25, -0.2) is 0 Å². The van der Waals surface area contributed by atoms with Crippen LogP contribution in [0.25, 0.3) is 0 Å². The summed E-state index contributed by atoms with van der Waals surface area (Å²) in [7, 11) is 0. The highest BCUT2D eigenvalue weighted by atomic mass is 35.5. The van der Waals surface area contributed by atoms with Crippen LogP contribution in [0.4, 0.5) is 0 Å². The quantitative estimate of drug-likeness (QED) is 0.739. The number of ether oxygens (including phenoxy) is 1. The predicted octanol–water partition coefficient (Wildman–Crippen LogP) is 0.828. The van der Waals surface area contributed by atoms with Gasteiger partial charge in [0.05, 0.1) is 19.1 Å². The summed E-state index contributed by atoms with van der Waals surface area (Å²) in [5.41, 5.74) is 7.43. The molecule has 4 N–H and O–H groups in total. The van der Waals surface area contributed by atoms with Gasteiger partial charge in [0.1, 0.15) is 6.10 Å². The lowest BCUT2D eigenvalue weighted by atomic mass is 9.95. The fourth-order valence-corrected chi connectivity index (χ4v) is 2.52. The molecule has 0 saturated carbocycles. The molecule has 0 aromatic heterocycles. The molecule has 1 aromatic carbocycles. The van der Waals surface area contributed by atoms with E-state index in [2.05, 4.69) is 10.6 Å². The standard InChI is InChI=1S/C16H23N3O3.ClH/c1-11-4-6-12(7-5-11)16-13(3-2-8-22-16)19-15(21)10-18-14(20)9-17;/h4-7,13,16H,2-3,8-10,17H2,1H3,(H,18,20)(H,19,21);1H. The average molecular weight is 342 g/mol. The number of carbonyl (C=O) groups is 2. The molecule has 1 fully saturated rings. The maximum Gasteiger partial charge on any atom is 0.239 e. The number of aryl methyl sites for hydroxylation is 1. The zero-order chi connectivity index (χ0) is 15.9. The molecular weight excluding hydrogens is 318 g/mol. The SMILES string of the molecule is Cc1ccc(C2OCCCC2NC(=O)CNC(=O)CN)cc1.Cl. The van der Waals surface area contributed by atoms with Gasteiger partial charge in [0.25, 0.3) is 0 Å². The number of nitrogens with one attached hydrogen (secondary N) is 2. The van der Waals surface area contributed by atoms with Crippen molar-refractivity contribution in [2.24, 2.45) is 5.73 Å². The van der Waals surface area contributed by atoms with Crippen molar-refractivity contribution in [1.29, 1.82) is 0 Å². The van der Waals surface area contributed by atoms with Gasteiger partial charge in [-0.2, -0.15) is 0 Å². The van der Waals surface area contributed by atoms with Crippen molar-refractivity contribution >= 4 is 24.2 Å². The molecule has 1 aliphatic rings. The number of nitrogens with two attached hydrogens (primary N) is 1. The van der Waals surface area contributed by atoms with Crippen molar-refractivity contribution in [1.82, 2.24) is 10.6 Å². The highest BCUT2D eigenvalue weighted by Gasteiger charge is 2.28. The lowest BCUT2D eigenvalue weighted by Gasteiger charge is -2.32. The molecule has 0 radical (unpaired) electrons. The molecule has 2 amide bonds. The van der Waals surface area contributed by atoms with E-state index in [1.54, 1.807) is 0 Å². The van der Waals surface area contributed by atoms with E-state index in [0.717, 1.165) is 18.4 Å². The van der Waals surface area contributed by atoms with Gasteiger partial charge in [0, 0.05) is 6.61 Å². The third-order valence-corrected chi connectivity index (χ3v) is 3.71. The summed E-state index contributed by atoms with van der Waals surface area (Å²) in [5.74, 6) is -0.570. The molecule has 2 unspecified atom stereocenters. The Morgan fingerprint density at radius 1 is 1.26 bits per heavy atom. The molecule has 1 aliphatic heterocycles. The first-order valence-electron chi connectivity index (χ1n) is 7.54. The Morgan fingerprint density at radius 2 is 1.96 bits per heavy atom. The van der Waals surface area contributed by atoms with Gasteiger partial charge in [0.15, 0.2) is 0 Å². The summed E-state index contributed by atoms with van der Waals surface area (Å²) in [5, 5.41) is 5.41. The molecule has 1 aromatic rings. The summed E-state index contributed by atoms with van der Waals surface area (Å²) in [6.45, 7) is 2.54. The lowest BCUT2D eigenvalue weighted by Crippen LogP contribution is -2.47. The Morgan fingerprint density at radius 3 is 2.61 bits per heavy atom. The molecule has 1 heterocycles. The summed E-state index contributed by atoms with van der Waals surface area (Å²) >= 11 is 0. The van der Waals surface area contributed by atoms with E-state index in [9.17, 15) is 9.59 Å². The van der Waals surface area contributed by atoms with Crippen LogP contribution in [-0.4, -0.2) is 37.6 Å². The lowest BCUT2D eigenvalue weighted by molar-refractivity contribution is -0.127. The summed E-state index contributed by atoms with van der Waals surface area (Å²) in [4.78, 5) is 23.0. The fourth-order valence-electron chi connectivity index (χ4n) is 2.52. The van der Waals surface area contributed by atoms with E-state index in [1.807, 2.05) is 31.2 Å². The van der Waals surface area contributed by atoms with E-state index in [4.69, 9.17) is 10.5 Å². The van der Waals surface area contributed by atoms with Crippen LogP contribution in [-0.2, 0) is 14.3 Å². The van der Waals surface area contributed by atoms with Crippen molar-refractivity contribution in [2.75, 3.05) is 19.7 Å². The van der Waals surface area contributed by atoms with E-state index >= 15 is 0 Å². The Kier molecular flexibility index (Phi) is 8.02. The Bertz CT molecular complexity index is 522. The number of amides is 2. The van der Waals surface area contributed by atoms with Crippen LogP contribution >= 0.6 is 12.4 Å². The number of carbonyl (C=O) groups excluding carboxylic acids is 2. The molecule has 0 bridgehead atoms. The summed E-state index contributed by atoms with van der Waals surface area (Å²) < 4.78 is 5.84. The minimum atomic E-state index is -0.342. The van der Waals surface area contributed by atoms with Gasteiger partial charge in [-0.1, -0.05) is 29.8 Å². The topological polar surface area (TPSA) is 93.5 Å². The highest BCUT2D eigenvalue weighted by Crippen LogP contribution is 2.28. The molecule has 7 heteroatoms. The first-order valence-corrected chi connectivity index (χ1v) is 7.54. The van der Waals surface area contributed by atoms with Crippen LogP contribution in [0.3, 0.4) is 0 Å². The maximum absolute atomic E-state index is 11.9. The Balaban J connectivity index is 0.00000264. The molecule has 0 aliphatic carbocycles. The first-order chi connectivity index (χ1) is 10.6. The Hall–Kier alpha value is -1.63. The second kappa shape index (κ2) is 9.50. The molecule has 23 heavy (non-hydrogen) atoms. The molecule has 128 valence electrons. The predicted molar refractivity (Wildman–Crippen MR) is 90.3 cm³/mol. The van der Waals surface area contributed by atoms with Crippen molar-refractivity contribution in [3.05, 3.63) is 35.4 Å². The van der Waals surface area contributed by atoms with E-state index in [1.165, 1.54) is 5.56 Å². The minimum absolute atomic E-state index is 0. The third-order valence-electron chi connectivity index (χ3n) is 3.71. The van der Waals surface area contributed by atoms with Crippen molar-refractivity contribution in [3.8, 4) is 0 Å². The molecule has 2 rings (SSSR count). The summed E-state index contributed by atoms with van der Waals surface area (Å²) in [6, 6.07) is 8.04. The number of hydrogen-bond donors (Lipinski definition) is 3. The second-order valence-electron chi connectivity index (χ2n) is 5.50. The van der Waals surface area contributed by atoms with Gasteiger partial charge in [-0.3, -0.25) is 9.59 Å². The van der Waals surface area contributed by atoms with Crippen LogP contribution in [0.5, 0.6) is 0 Å². The van der Waals surface area contributed by atoms with E-state index in [-0.39, 0.29) is 49.5 Å². The van der Waals surface area contributed by atoms with Gasteiger partial charge in [0.2, 0.25) is 11.8 Å². The van der Waals surface area contributed by atoms with E-state index < -0.39 is 0 Å². The van der Waals surface area contributed by atoms with Crippen molar-refractivity contribution < 1.29 is 14.3 Å². The molecular formula is C16H24ClN3O3. The third kappa shape index (κ3) is 5.82. The van der Waals surface area contributed by atoms with Gasteiger partial charge in [-0.15, -0.1) is 12.4 Å². The normalized spacial score (nSPS) is 20.3. The molecule has 1 saturated heterocycles. The Labute approximate surface area is 142 Å².